The zero-order chi connectivity index (χ0) is 18.0. The van der Waals surface area contributed by atoms with Crippen molar-refractivity contribution in [3.63, 3.8) is 0 Å². The lowest BCUT2D eigenvalue weighted by molar-refractivity contribution is -0.117. The number of carbonyl (C=O) groups is 1. The van der Waals surface area contributed by atoms with E-state index in [1.54, 1.807) is 36.1 Å². The molecule has 0 atom stereocenters. The van der Waals surface area contributed by atoms with E-state index in [0.29, 0.717) is 24.6 Å². The van der Waals surface area contributed by atoms with Gasteiger partial charge in [-0.15, -0.1) is 0 Å². The van der Waals surface area contributed by atoms with Crippen molar-refractivity contribution in [2.75, 3.05) is 36.5 Å². The van der Waals surface area contributed by atoms with Gasteiger partial charge in [0, 0.05) is 19.2 Å². The molecule has 1 N–H and O–H groups in total. The number of para-hydroxylation sites is 1. The van der Waals surface area contributed by atoms with Crippen LogP contribution < -0.4 is 5.32 Å². The van der Waals surface area contributed by atoms with Crippen molar-refractivity contribution in [2.24, 2.45) is 0 Å². The van der Waals surface area contributed by atoms with Gasteiger partial charge in [0.1, 0.15) is 17.3 Å². The van der Waals surface area contributed by atoms with E-state index in [4.69, 9.17) is 0 Å². The molecule has 9 heteroatoms. The molecule has 1 aliphatic rings. The summed E-state index contributed by atoms with van der Waals surface area (Å²) < 4.78 is 38.2. The van der Waals surface area contributed by atoms with Crippen LogP contribution in [0, 0.1) is 12.7 Å². The topological polar surface area (TPSA) is 84.3 Å². The number of anilines is 1. The molecule has 0 bridgehead atoms. The molecule has 1 amide bonds. The summed E-state index contributed by atoms with van der Waals surface area (Å²) in [6, 6.07) is 7.83. The summed E-state index contributed by atoms with van der Waals surface area (Å²) in [7, 11) is -2.98. The first-order chi connectivity index (χ1) is 11.8. The molecule has 0 unspecified atom stereocenters. The standard InChI is InChI=1S/C16H19FN4O3S/c1-12-10-15(21(19-12)14-5-3-2-4-13(14)17)18-16(22)11-20-6-8-25(23,24)9-7-20/h2-5,10H,6-9,11H2,1H3,(H,18,22). The van der Waals surface area contributed by atoms with Gasteiger partial charge >= 0.3 is 0 Å². The molecule has 1 saturated heterocycles. The highest BCUT2D eigenvalue weighted by atomic mass is 32.2. The summed E-state index contributed by atoms with van der Waals surface area (Å²) in [5.74, 6) is -0.240. The minimum Gasteiger partial charge on any atom is -0.309 e. The fourth-order valence-electron chi connectivity index (χ4n) is 2.69. The van der Waals surface area contributed by atoms with Crippen LogP contribution in [-0.2, 0) is 14.6 Å². The Morgan fingerprint density at radius 1 is 1.28 bits per heavy atom. The van der Waals surface area contributed by atoms with Crippen LogP contribution in [0.15, 0.2) is 30.3 Å². The monoisotopic (exact) mass is 366 g/mol. The molecule has 2 aromatic rings. The number of aryl methyl sites for hydroxylation is 1. The van der Waals surface area contributed by atoms with E-state index in [1.165, 1.54) is 10.7 Å². The normalized spacial score (nSPS) is 17.4. The van der Waals surface area contributed by atoms with Crippen LogP contribution in [0.3, 0.4) is 0 Å². The smallest absolute Gasteiger partial charge is 0.239 e. The van der Waals surface area contributed by atoms with E-state index >= 15 is 0 Å². The fourth-order valence-corrected chi connectivity index (χ4v) is 3.97. The van der Waals surface area contributed by atoms with Gasteiger partial charge in [-0.1, -0.05) is 12.1 Å². The van der Waals surface area contributed by atoms with Crippen molar-refractivity contribution in [1.82, 2.24) is 14.7 Å². The van der Waals surface area contributed by atoms with E-state index in [2.05, 4.69) is 10.4 Å². The van der Waals surface area contributed by atoms with Gasteiger partial charge in [-0.3, -0.25) is 9.69 Å². The van der Waals surface area contributed by atoms with E-state index in [1.807, 2.05) is 0 Å². The van der Waals surface area contributed by atoms with Gasteiger partial charge in [0.05, 0.1) is 23.7 Å². The number of amides is 1. The third-order valence-electron chi connectivity index (χ3n) is 3.98. The van der Waals surface area contributed by atoms with Crippen molar-refractivity contribution < 1.29 is 17.6 Å². The third-order valence-corrected chi connectivity index (χ3v) is 5.59. The SMILES string of the molecule is Cc1cc(NC(=O)CN2CCS(=O)(=O)CC2)n(-c2ccccc2F)n1. The van der Waals surface area contributed by atoms with Gasteiger partial charge in [-0.2, -0.15) is 5.10 Å². The largest absolute Gasteiger partial charge is 0.309 e. The van der Waals surface area contributed by atoms with Crippen LogP contribution >= 0.6 is 0 Å². The van der Waals surface area contributed by atoms with Crippen LogP contribution in [0.4, 0.5) is 10.2 Å². The Labute approximate surface area is 145 Å². The lowest BCUT2D eigenvalue weighted by Gasteiger charge is -2.25. The zero-order valence-corrected chi connectivity index (χ0v) is 14.6. The molecule has 7 nitrogen and oxygen atoms in total. The maximum atomic E-state index is 14.0. The average molecular weight is 366 g/mol. The summed E-state index contributed by atoms with van der Waals surface area (Å²) in [4.78, 5) is 14.1. The van der Waals surface area contributed by atoms with Crippen LogP contribution in [0.2, 0.25) is 0 Å². The van der Waals surface area contributed by atoms with Gasteiger partial charge in [-0.25, -0.2) is 17.5 Å². The highest BCUT2D eigenvalue weighted by molar-refractivity contribution is 7.91. The molecular weight excluding hydrogens is 347 g/mol. The fraction of sp³-hybridized carbons (Fsp3) is 0.375. The number of rotatable bonds is 4. The van der Waals surface area contributed by atoms with E-state index < -0.39 is 15.7 Å². The zero-order valence-electron chi connectivity index (χ0n) is 13.8. The van der Waals surface area contributed by atoms with Crippen LogP contribution in [0.5, 0.6) is 0 Å². The molecule has 0 saturated carbocycles. The van der Waals surface area contributed by atoms with Crippen LogP contribution in [0.25, 0.3) is 5.69 Å². The minimum atomic E-state index is -2.98. The first-order valence-corrected chi connectivity index (χ1v) is 9.70. The molecular formula is C16H19FN4O3S. The Morgan fingerprint density at radius 3 is 2.64 bits per heavy atom. The lowest BCUT2D eigenvalue weighted by Crippen LogP contribution is -2.44. The number of carbonyl (C=O) groups excluding carboxylic acids is 1. The molecule has 0 radical (unpaired) electrons. The second-order valence-electron chi connectivity index (χ2n) is 6.01. The highest BCUT2D eigenvalue weighted by Crippen LogP contribution is 2.19. The van der Waals surface area contributed by atoms with Gasteiger partial charge < -0.3 is 5.32 Å². The number of benzene rings is 1. The first-order valence-electron chi connectivity index (χ1n) is 7.88. The number of hydrogen-bond donors (Lipinski definition) is 1. The minimum absolute atomic E-state index is 0.0621. The third kappa shape index (κ3) is 4.23. The Kier molecular flexibility index (Phi) is 4.87. The summed E-state index contributed by atoms with van der Waals surface area (Å²) >= 11 is 0. The van der Waals surface area contributed by atoms with Crippen molar-refractivity contribution in [1.29, 1.82) is 0 Å². The summed E-state index contributed by atoms with van der Waals surface area (Å²) in [5, 5.41) is 6.96. The Morgan fingerprint density at radius 2 is 1.96 bits per heavy atom. The Bertz CT molecular complexity index is 881. The number of aromatic nitrogens is 2. The highest BCUT2D eigenvalue weighted by Gasteiger charge is 2.23. The molecule has 1 aromatic heterocycles. The van der Waals surface area contributed by atoms with Gasteiger partial charge in [0.2, 0.25) is 5.91 Å². The predicted molar refractivity (Wildman–Crippen MR) is 92.0 cm³/mol. The summed E-state index contributed by atoms with van der Waals surface area (Å²) in [5.41, 5.74) is 0.887. The number of sulfone groups is 1. The first kappa shape index (κ1) is 17.6. The van der Waals surface area contributed by atoms with E-state index in [-0.39, 0.29) is 29.6 Å². The molecule has 2 heterocycles. The van der Waals surface area contributed by atoms with Gasteiger partial charge in [0.25, 0.3) is 0 Å². The number of hydrogen-bond acceptors (Lipinski definition) is 5. The molecule has 1 fully saturated rings. The van der Waals surface area contributed by atoms with Crippen molar-refractivity contribution in [3.05, 3.63) is 41.8 Å². The van der Waals surface area contributed by atoms with Crippen LogP contribution in [0.1, 0.15) is 5.69 Å². The summed E-state index contributed by atoms with van der Waals surface area (Å²) in [6.45, 7) is 2.50. The number of nitrogens with one attached hydrogen (secondary N) is 1. The molecule has 25 heavy (non-hydrogen) atoms. The molecule has 1 aromatic carbocycles. The van der Waals surface area contributed by atoms with E-state index in [9.17, 15) is 17.6 Å². The molecule has 0 aliphatic carbocycles. The number of halogens is 1. The summed E-state index contributed by atoms with van der Waals surface area (Å²) in [6.07, 6.45) is 0. The number of nitrogens with zero attached hydrogens (tertiary/aromatic N) is 3. The van der Waals surface area contributed by atoms with Crippen molar-refractivity contribution in [3.8, 4) is 5.69 Å². The van der Waals surface area contributed by atoms with Crippen molar-refractivity contribution >= 4 is 21.6 Å². The maximum Gasteiger partial charge on any atom is 0.239 e. The van der Waals surface area contributed by atoms with Gasteiger partial charge in [-0.05, 0) is 19.1 Å². The quantitative estimate of drug-likeness (QED) is 0.872. The predicted octanol–water partition coefficient (Wildman–Crippen LogP) is 0.989. The average Bonchev–Trinajstić information content (AvgIpc) is 2.90. The molecule has 134 valence electrons. The van der Waals surface area contributed by atoms with Gasteiger partial charge in [0.15, 0.2) is 9.84 Å². The maximum absolute atomic E-state index is 14.0. The molecule has 3 rings (SSSR count). The van der Waals surface area contributed by atoms with E-state index in [0.717, 1.165) is 0 Å². The molecule has 1 aliphatic heterocycles. The Hall–Kier alpha value is -2.26. The van der Waals surface area contributed by atoms with Crippen molar-refractivity contribution in [2.45, 2.75) is 6.92 Å². The Balaban J connectivity index is 1.71. The lowest BCUT2D eigenvalue weighted by atomic mass is 10.3. The second kappa shape index (κ2) is 6.93. The molecule has 0 spiro atoms. The second-order valence-corrected chi connectivity index (χ2v) is 8.31. The van der Waals surface area contributed by atoms with Crippen LogP contribution in [-0.4, -0.2) is 60.1 Å².